The van der Waals surface area contributed by atoms with Crippen LogP contribution in [0.2, 0.25) is 0 Å². The normalized spacial score (nSPS) is 16.8. The van der Waals surface area contributed by atoms with Crippen molar-refractivity contribution >= 4 is 17.8 Å². The average molecular weight is 325 g/mol. The highest BCUT2D eigenvalue weighted by atomic mass is 16.2. The van der Waals surface area contributed by atoms with Gasteiger partial charge in [-0.15, -0.1) is 0 Å². The highest BCUT2D eigenvalue weighted by molar-refractivity contribution is 5.86. The average Bonchev–Trinajstić information content (AvgIpc) is 2.98. The number of aliphatic imine (C=N–C) groups is 1. The largest absolute Gasteiger partial charge is 0.357 e. The fraction of sp³-hybridized carbons (Fsp3) is 0.812. The lowest BCUT2D eigenvalue weighted by molar-refractivity contribution is -0.138. The molecule has 1 saturated carbocycles. The maximum Gasteiger partial charge on any atom is 0.243 e. The third-order valence-corrected chi connectivity index (χ3v) is 4.23. The fourth-order valence-electron chi connectivity index (χ4n) is 2.88. The summed E-state index contributed by atoms with van der Waals surface area (Å²) in [5.41, 5.74) is -0.356. The SMILES string of the molecule is CCNC(=NCC(=O)N(C)C)NCC1(C(=O)N(C)C)CCCC1. The van der Waals surface area contributed by atoms with Gasteiger partial charge in [-0.1, -0.05) is 12.8 Å². The first-order valence-electron chi connectivity index (χ1n) is 8.26. The van der Waals surface area contributed by atoms with E-state index in [-0.39, 0.29) is 23.8 Å². The lowest BCUT2D eigenvalue weighted by atomic mass is 9.84. The number of nitrogens with one attached hydrogen (secondary N) is 2. The maximum absolute atomic E-state index is 12.6. The summed E-state index contributed by atoms with van der Waals surface area (Å²) in [6.45, 7) is 3.32. The number of rotatable bonds is 6. The van der Waals surface area contributed by atoms with E-state index in [1.165, 1.54) is 4.90 Å². The Morgan fingerprint density at radius 2 is 1.65 bits per heavy atom. The summed E-state index contributed by atoms with van der Waals surface area (Å²) in [5.74, 6) is 0.699. The van der Waals surface area contributed by atoms with Gasteiger partial charge in [-0.3, -0.25) is 9.59 Å². The summed E-state index contributed by atoms with van der Waals surface area (Å²) in [5, 5.41) is 6.38. The van der Waals surface area contributed by atoms with Crippen molar-refractivity contribution in [3.8, 4) is 0 Å². The van der Waals surface area contributed by atoms with Gasteiger partial charge in [0.05, 0.1) is 5.41 Å². The predicted molar refractivity (Wildman–Crippen MR) is 92.3 cm³/mol. The van der Waals surface area contributed by atoms with Crippen molar-refractivity contribution < 1.29 is 9.59 Å². The molecule has 0 spiro atoms. The molecule has 0 bridgehead atoms. The molecule has 1 rings (SSSR count). The first kappa shape index (κ1) is 19.3. The molecule has 0 unspecified atom stereocenters. The molecule has 0 atom stereocenters. The molecule has 0 aliphatic heterocycles. The number of nitrogens with zero attached hydrogens (tertiary/aromatic N) is 3. The van der Waals surface area contributed by atoms with Crippen LogP contribution in [0.25, 0.3) is 0 Å². The summed E-state index contributed by atoms with van der Waals surface area (Å²) in [7, 11) is 7.03. The van der Waals surface area contributed by atoms with Gasteiger partial charge in [0.25, 0.3) is 0 Å². The second kappa shape index (κ2) is 8.74. The Morgan fingerprint density at radius 3 is 2.13 bits per heavy atom. The summed E-state index contributed by atoms with van der Waals surface area (Å²) in [4.78, 5) is 31.7. The summed E-state index contributed by atoms with van der Waals surface area (Å²) in [6.07, 6.45) is 3.95. The van der Waals surface area contributed by atoms with Crippen molar-refractivity contribution in [3.05, 3.63) is 0 Å². The molecule has 2 amide bonds. The third kappa shape index (κ3) is 5.41. The Balaban J connectivity index is 2.73. The van der Waals surface area contributed by atoms with E-state index in [0.29, 0.717) is 19.0 Å². The zero-order valence-electron chi connectivity index (χ0n) is 15.1. The number of hydrogen-bond donors (Lipinski definition) is 2. The maximum atomic E-state index is 12.6. The van der Waals surface area contributed by atoms with Crippen LogP contribution in [0.1, 0.15) is 32.6 Å². The van der Waals surface area contributed by atoms with Gasteiger partial charge in [-0.2, -0.15) is 0 Å². The zero-order chi connectivity index (χ0) is 17.5. The summed E-state index contributed by atoms with van der Waals surface area (Å²) < 4.78 is 0. The number of likely N-dealkylation sites (N-methyl/N-ethyl adjacent to an activating group) is 1. The minimum absolute atomic E-state index is 0.0536. The van der Waals surface area contributed by atoms with Crippen molar-refractivity contribution in [2.24, 2.45) is 10.4 Å². The first-order chi connectivity index (χ1) is 10.8. The van der Waals surface area contributed by atoms with E-state index in [0.717, 1.165) is 25.7 Å². The summed E-state index contributed by atoms with van der Waals surface area (Å²) >= 11 is 0. The van der Waals surface area contributed by atoms with Crippen molar-refractivity contribution in [2.45, 2.75) is 32.6 Å². The minimum Gasteiger partial charge on any atom is -0.357 e. The molecule has 23 heavy (non-hydrogen) atoms. The highest BCUT2D eigenvalue weighted by Gasteiger charge is 2.42. The number of hydrogen-bond acceptors (Lipinski definition) is 3. The standard InChI is InChI=1S/C16H31N5O2/c1-6-17-15(18-11-13(22)20(2)3)19-12-16(9-7-8-10-16)14(23)21(4)5/h6-12H2,1-5H3,(H2,17,18,19). The zero-order valence-corrected chi connectivity index (χ0v) is 15.1. The smallest absolute Gasteiger partial charge is 0.243 e. The second-order valence-corrected chi connectivity index (χ2v) is 6.52. The van der Waals surface area contributed by atoms with E-state index in [1.807, 2.05) is 6.92 Å². The van der Waals surface area contributed by atoms with E-state index in [4.69, 9.17) is 0 Å². The van der Waals surface area contributed by atoms with Gasteiger partial charge in [0, 0.05) is 41.3 Å². The predicted octanol–water partition coefficient (Wildman–Crippen LogP) is 0.278. The Hall–Kier alpha value is -1.79. The molecule has 1 fully saturated rings. The molecular weight excluding hydrogens is 294 g/mol. The van der Waals surface area contributed by atoms with Crippen LogP contribution in [0.5, 0.6) is 0 Å². The van der Waals surface area contributed by atoms with E-state index in [9.17, 15) is 9.59 Å². The molecule has 132 valence electrons. The third-order valence-electron chi connectivity index (χ3n) is 4.23. The van der Waals surface area contributed by atoms with Gasteiger partial charge in [0.2, 0.25) is 11.8 Å². The lowest BCUT2D eigenvalue weighted by Crippen LogP contribution is -2.49. The van der Waals surface area contributed by atoms with Crippen LogP contribution in [0, 0.1) is 5.41 Å². The van der Waals surface area contributed by atoms with Crippen molar-refractivity contribution in [1.82, 2.24) is 20.4 Å². The summed E-state index contributed by atoms with van der Waals surface area (Å²) in [6, 6.07) is 0. The molecule has 0 radical (unpaired) electrons. The fourth-order valence-corrected chi connectivity index (χ4v) is 2.88. The van der Waals surface area contributed by atoms with E-state index >= 15 is 0 Å². The molecule has 7 nitrogen and oxygen atoms in total. The van der Waals surface area contributed by atoms with Gasteiger partial charge >= 0.3 is 0 Å². The van der Waals surface area contributed by atoms with Crippen LogP contribution in [-0.2, 0) is 9.59 Å². The first-order valence-corrected chi connectivity index (χ1v) is 8.26. The van der Waals surface area contributed by atoms with E-state index in [1.54, 1.807) is 33.1 Å². The quantitative estimate of drug-likeness (QED) is 0.543. The number of amides is 2. The van der Waals surface area contributed by atoms with Crippen LogP contribution in [-0.4, -0.2) is 75.4 Å². The van der Waals surface area contributed by atoms with Crippen molar-refractivity contribution in [2.75, 3.05) is 47.8 Å². The van der Waals surface area contributed by atoms with E-state index < -0.39 is 0 Å². The van der Waals surface area contributed by atoms with Gasteiger partial charge in [0.15, 0.2) is 5.96 Å². The van der Waals surface area contributed by atoms with Crippen molar-refractivity contribution in [3.63, 3.8) is 0 Å². The molecule has 1 aliphatic carbocycles. The van der Waals surface area contributed by atoms with Crippen LogP contribution < -0.4 is 10.6 Å². The number of carbonyl (C=O) groups is 2. The van der Waals surface area contributed by atoms with E-state index in [2.05, 4.69) is 15.6 Å². The molecule has 0 aromatic heterocycles. The van der Waals surface area contributed by atoms with Crippen LogP contribution in [0.15, 0.2) is 4.99 Å². The van der Waals surface area contributed by atoms with Gasteiger partial charge in [-0.25, -0.2) is 4.99 Å². The van der Waals surface area contributed by atoms with Crippen LogP contribution in [0.3, 0.4) is 0 Å². The molecule has 2 N–H and O–H groups in total. The van der Waals surface area contributed by atoms with Crippen molar-refractivity contribution in [1.29, 1.82) is 0 Å². The molecular formula is C16H31N5O2. The molecule has 0 heterocycles. The molecule has 0 saturated heterocycles. The highest BCUT2D eigenvalue weighted by Crippen LogP contribution is 2.38. The van der Waals surface area contributed by atoms with Crippen LogP contribution in [0.4, 0.5) is 0 Å². The molecule has 7 heteroatoms. The lowest BCUT2D eigenvalue weighted by Gasteiger charge is -2.31. The Kier molecular flexibility index (Phi) is 7.32. The number of guanidine groups is 1. The number of carbonyl (C=O) groups excluding carboxylic acids is 2. The van der Waals surface area contributed by atoms with Gasteiger partial charge in [0.1, 0.15) is 6.54 Å². The van der Waals surface area contributed by atoms with Crippen LogP contribution >= 0.6 is 0 Å². The second-order valence-electron chi connectivity index (χ2n) is 6.52. The Morgan fingerprint density at radius 1 is 1.04 bits per heavy atom. The topological polar surface area (TPSA) is 77.0 Å². The molecule has 0 aromatic rings. The Bertz CT molecular complexity index is 440. The molecule has 0 aromatic carbocycles. The Labute approximate surface area is 139 Å². The molecule has 1 aliphatic rings. The van der Waals surface area contributed by atoms with Gasteiger partial charge < -0.3 is 20.4 Å². The minimum atomic E-state index is -0.356. The van der Waals surface area contributed by atoms with Gasteiger partial charge in [-0.05, 0) is 19.8 Å². The monoisotopic (exact) mass is 325 g/mol.